The van der Waals surface area contributed by atoms with Gasteiger partial charge in [-0.25, -0.2) is 4.98 Å². The van der Waals surface area contributed by atoms with E-state index in [0.29, 0.717) is 5.95 Å². The summed E-state index contributed by atoms with van der Waals surface area (Å²) in [4.78, 5) is 15.2. The minimum Gasteiger partial charge on any atom is -0.481 e. The molecule has 0 saturated heterocycles. The summed E-state index contributed by atoms with van der Waals surface area (Å²) < 4.78 is 0. The van der Waals surface area contributed by atoms with Gasteiger partial charge in [0.2, 0.25) is 5.95 Å². The third kappa shape index (κ3) is 3.38. The van der Waals surface area contributed by atoms with Crippen molar-refractivity contribution in [2.45, 2.75) is 46.6 Å². The summed E-state index contributed by atoms with van der Waals surface area (Å²) in [7, 11) is 0. The highest BCUT2D eigenvalue weighted by Crippen LogP contribution is 2.11. The van der Waals surface area contributed by atoms with Crippen LogP contribution in [0.1, 0.15) is 39.1 Å². The minimum absolute atomic E-state index is 0.249. The number of anilines is 1. The van der Waals surface area contributed by atoms with Crippen molar-refractivity contribution in [1.82, 2.24) is 15.2 Å². The lowest BCUT2D eigenvalue weighted by atomic mass is 10.0. The molecule has 0 saturated carbocycles. The second kappa shape index (κ2) is 6.28. The van der Waals surface area contributed by atoms with Crippen LogP contribution in [0, 0.1) is 5.92 Å². The maximum Gasteiger partial charge on any atom is 0.308 e. The molecule has 0 aliphatic heterocycles. The first-order valence-electron chi connectivity index (χ1n) is 6.21. The lowest BCUT2D eigenvalue weighted by Gasteiger charge is -2.17. The van der Waals surface area contributed by atoms with Gasteiger partial charge in [0, 0.05) is 6.04 Å². The normalized spacial score (nSPS) is 14.0. The Morgan fingerprint density at radius 1 is 1.22 bits per heavy atom. The van der Waals surface area contributed by atoms with Crippen molar-refractivity contribution in [3.8, 4) is 0 Å². The molecule has 18 heavy (non-hydrogen) atoms. The summed E-state index contributed by atoms with van der Waals surface area (Å²) in [6, 6.07) is -0.249. The molecule has 100 valence electrons. The summed E-state index contributed by atoms with van der Waals surface area (Å²) in [5.41, 5.74) is 1.80. The summed E-state index contributed by atoms with van der Waals surface area (Å²) in [6.07, 6.45) is 1.58. The first-order chi connectivity index (χ1) is 8.49. The van der Waals surface area contributed by atoms with Crippen molar-refractivity contribution in [1.29, 1.82) is 0 Å². The molecule has 0 fully saturated rings. The van der Waals surface area contributed by atoms with Crippen LogP contribution in [-0.4, -0.2) is 32.3 Å². The molecule has 0 amide bonds. The topological polar surface area (TPSA) is 88.0 Å². The third-order valence-electron chi connectivity index (χ3n) is 3.01. The Bertz CT molecular complexity index is 423. The highest BCUT2D eigenvalue weighted by atomic mass is 16.4. The third-order valence-corrected chi connectivity index (χ3v) is 3.01. The molecule has 6 nitrogen and oxygen atoms in total. The number of carboxylic acid groups (broad SMARTS) is 1. The highest BCUT2D eigenvalue weighted by Gasteiger charge is 2.20. The van der Waals surface area contributed by atoms with Gasteiger partial charge in [-0.15, -0.1) is 5.10 Å². The van der Waals surface area contributed by atoms with E-state index in [1.54, 1.807) is 13.8 Å². The van der Waals surface area contributed by atoms with Crippen LogP contribution in [0.15, 0.2) is 0 Å². The fourth-order valence-electron chi connectivity index (χ4n) is 1.54. The number of carboxylic acids is 1. The molecular weight excluding hydrogens is 232 g/mol. The lowest BCUT2D eigenvalue weighted by Crippen LogP contribution is -2.30. The number of nitrogens with zero attached hydrogens (tertiary/aromatic N) is 3. The molecule has 2 atom stereocenters. The molecule has 1 aromatic heterocycles. The predicted octanol–water partition coefficient (Wildman–Crippen LogP) is 1.52. The van der Waals surface area contributed by atoms with Crippen molar-refractivity contribution in [3.05, 3.63) is 11.4 Å². The van der Waals surface area contributed by atoms with Crippen LogP contribution in [0.25, 0.3) is 0 Å². The number of rotatable bonds is 6. The van der Waals surface area contributed by atoms with Gasteiger partial charge in [-0.3, -0.25) is 4.79 Å². The Kier molecular flexibility index (Phi) is 5.00. The van der Waals surface area contributed by atoms with E-state index in [1.807, 2.05) is 13.8 Å². The van der Waals surface area contributed by atoms with Crippen LogP contribution in [0.3, 0.4) is 0 Å². The average Bonchev–Trinajstić information content (AvgIpc) is 2.37. The number of aromatic nitrogens is 3. The van der Waals surface area contributed by atoms with Gasteiger partial charge in [-0.05, 0) is 26.7 Å². The number of hydrogen-bond acceptors (Lipinski definition) is 5. The average molecular weight is 252 g/mol. The Hall–Kier alpha value is -1.72. The zero-order valence-electron chi connectivity index (χ0n) is 11.3. The van der Waals surface area contributed by atoms with E-state index in [0.717, 1.165) is 24.2 Å². The van der Waals surface area contributed by atoms with Crippen LogP contribution in [-0.2, 0) is 17.6 Å². The molecule has 1 heterocycles. The smallest absolute Gasteiger partial charge is 0.308 e. The van der Waals surface area contributed by atoms with Crippen molar-refractivity contribution in [3.63, 3.8) is 0 Å². The molecule has 0 spiro atoms. The number of nitrogens with one attached hydrogen (secondary N) is 1. The molecule has 0 radical (unpaired) electrons. The van der Waals surface area contributed by atoms with Gasteiger partial charge in [0.25, 0.3) is 0 Å². The quantitative estimate of drug-likeness (QED) is 0.798. The first kappa shape index (κ1) is 14.3. The summed E-state index contributed by atoms with van der Waals surface area (Å²) >= 11 is 0. The first-order valence-corrected chi connectivity index (χ1v) is 6.21. The van der Waals surface area contributed by atoms with E-state index in [2.05, 4.69) is 20.5 Å². The van der Waals surface area contributed by atoms with Crippen molar-refractivity contribution < 1.29 is 9.90 Å². The molecule has 0 aromatic carbocycles. The molecule has 0 aliphatic rings. The van der Waals surface area contributed by atoms with Gasteiger partial charge in [0.15, 0.2) is 0 Å². The molecule has 6 heteroatoms. The van der Waals surface area contributed by atoms with E-state index >= 15 is 0 Å². The van der Waals surface area contributed by atoms with Crippen LogP contribution < -0.4 is 5.32 Å². The van der Waals surface area contributed by atoms with Crippen molar-refractivity contribution in [2.75, 3.05) is 5.32 Å². The van der Waals surface area contributed by atoms with Crippen LogP contribution >= 0.6 is 0 Å². The van der Waals surface area contributed by atoms with E-state index < -0.39 is 11.9 Å². The van der Waals surface area contributed by atoms with Gasteiger partial charge in [-0.1, -0.05) is 13.8 Å². The Balaban J connectivity index is 2.82. The predicted molar refractivity (Wildman–Crippen MR) is 68.5 cm³/mol. The van der Waals surface area contributed by atoms with Gasteiger partial charge in [-0.2, -0.15) is 5.10 Å². The Morgan fingerprint density at radius 2 is 1.83 bits per heavy atom. The van der Waals surface area contributed by atoms with Gasteiger partial charge < -0.3 is 10.4 Å². The number of carbonyl (C=O) groups is 1. The summed E-state index contributed by atoms with van der Waals surface area (Å²) in [5, 5.41) is 20.0. The Morgan fingerprint density at radius 3 is 2.33 bits per heavy atom. The maximum absolute atomic E-state index is 10.9. The highest BCUT2D eigenvalue weighted by molar-refractivity contribution is 5.70. The fourth-order valence-corrected chi connectivity index (χ4v) is 1.54. The zero-order chi connectivity index (χ0) is 13.7. The van der Waals surface area contributed by atoms with E-state index in [1.165, 1.54) is 0 Å². The second-order valence-corrected chi connectivity index (χ2v) is 4.30. The lowest BCUT2D eigenvalue weighted by molar-refractivity contribution is -0.141. The molecule has 1 aromatic rings. The zero-order valence-corrected chi connectivity index (χ0v) is 11.3. The van der Waals surface area contributed by atoms with E-state index in [9.17, 15) is 4.79 Å². The Labute approximate surface area is 107 Å². The summed E-state index contributed by atoms with van der Waals surface area (Å²) in [5.74, 6) is -0.960. The molecule has 0 aliphatic carbocycles. The van der Waals surface area contributed by atoms with Crippen molar-refractivity contribution in [2.24, 2.45) is 5.92 Å². The molecule has 2 N–H and O–H groups in total. The fraction of sp³-hybridized carbons (Fsp3) is 0.667. The number of hydrogen-bond donors (Lipinski definition) is 2. The number of aliphatic carboxylic acids is 1. The SMILES string of the molecule is CCc1nnc(NC(C)C(C)C(=O)O)nc1CC. The monoisotopic (exact) mass is 252 g/mol. The molecule has 2 unspecified atom stereocenters. The second-order valence-electron chi connectivity index (χ2n) is 4.30. The summed E-state index contributed by atoms with van der Waals surface area (Å²) in [6.45, 7) is 7.46. The minimum atomic E-state index is -0.844. The standard InChI is InChI=1S/C12H20N4O2/c1-5-9-10(6-2)15-16-12(14-9)13-8(4)7(3)11(17)18/h7-8H,5-6H2,1-4H3,(H,17,18)(H,13,14,16). The van der Waals surface area contributed by atoms with Gasteiger partial charge in [0.05, 0.1) is 17.3 Å². The van der Waals surface area contributed by atoms with Gasteiger partial charge >= 0.3 is 5.97 Å². The number of aryl methyl sites for hydroxylation is 2. The van der Waals surface area contributed by atoms with Crippen LogP contribution in [0.4, 0.5) is 5.95 Å². The van der Waals surface area contributed by atoms with E-state index in [4.69, 9.17) is 5.11 Å². The van der Waals surface area contributed by atoms with Crippen LogP contribution in [0.5, 0.6) is 0 Å². The molecular formula is C12H20N4O2. The molecule has 0 bridgehead atoms. The van der Waals surface area contributed by atoms with Crippen molar-refractivity contribution >= 4 is 11.9 Å². The van der Waals surface area contributed by atoms with Gasteiger partial charge in [0.1, 0.15) is 0 Å². The van der Waals surface area contributed by atoms with E-state index in [-0.39, 0.29) is 6.04 Å². The maximum atomic E-state index is 10.9. The largest absolute Gasteiger partial charge is 0.481 e. The van der Waals surface area contributed by atoms with Crippen LogP contribution in [0.2, 0.25) is 0 Å². The molecule has 1 rings (SSSR count).